The molecule has 1 heterocycles. The van der Waals surface area contributed by atoms with Crippen molar-refractivity contribution in [1.29, 1.82) is 0 Å². The van der Waals surface area contributed by atoms with Crippen LogP contribution in [0.15, 0.2) is 6.07 Å². The molecule has 0 aliphatic heterocycles. The van der Waals surface area contributed by atoms with E-state index in [1.807, 2.05) is 6.07 Å². The highest BCUT2D eigenvalue weighted by Crippen LogP contribution is 2.39. The first-order chi connectivity index (χ1) is 8.24. The highest BCUT2D eigenvalue weighted by Gasteiger charge is 2.28. The van der Waals surface area contributed by atoms with E-state index in [0.717, 1.165) is 11.6 Å². The lowest BCUT2D eigenvalue weighted by Gasteiger charge is -2.25. The minimum Gasteiger partial charge on any atom is -0.384 e. The fourth-order valence-corrected chi connectivity index (χ4v) is 2.65. The number of nitrogens with two attached hydrogens (primary N) is 1. The van der Waals surface area contributed by atoms with E-state index in [9.17, 15) is 0 Å². The van der Waals surface area contributed by atoms with Gasteiger partial charge in [-0.15, -0.1) is 0 Å². The molecular formula is C13H20N4. The fraction of sp³-hybridized carbons (Fsp3) is 0.692. The van der Waals surface area contributed by atoms with Gasteiger partial charge in [0.2, 0.25) is 0 Å². The average molecular weight is 232 g/mol. The molecule has 1 aromatic heterocycles. The number of nitrogen functional groups attached to an aromatic ring is 1. The Balaban J connectivity index is 1.85. The van der Waals surface area contributed by atoms with Gasteiger partial charge < -0.3 is 10.6 Å². The van der Waals surface area contributed by atoms with Crippen LogP contribution in [-0.2, 0) is 0 Å². The predicted octanol–water partition coefficient (Wildman–Crippen LogP) is 2.32. The van der Waals surface area contributed by atoms with Crippen molar-refractivity contribution in [3.05, 3.63) is 11.9 Å². The van der Waals surface area contributed by atoms with Crippen LogP contribution < -0.4 is 10.6 Å². The third-order valence-corrected chi connectivity index (χ3v) is 3.93. The van der Waals surface area contributed by atoms with Gasteiger partial charge in [0, 0.05) is 25.1 Å². The van der Waals surface area contributed by atoms with E-state index in [-0.39, 0.29) is 0 Å². The summed E-state index contributed by atoms with van der Waals surface area (Å²) < 4.78 is 0. The molecular weight excluding hydrogens is 212 g/mol. The molecule has 4 heteroatoms. The zero-order chi connectivity index (χ0) is 11.8. The Labute approximate surface area is 102 Å². The Morgan fingerprint density at radius 2 is 1.88 bits per heavy atom. The van der Waals surface area contributed by atoms with Crippen LogP contribution in [0.3, 0.4) is 0 Å². The Morgan fingerprint density at radius 3 is 2.53 bits per heavy atom. The van der Waals surface area contributed by atoms with Gasteiger partial charge in [0.1, 0.15) is 17.5 Å². The molecule has 0 radical (unpaired) electrons. The first-order valence-electron chi connectivity index (χ1n) is 6.61. The number of nitrogens with zero attached hydrogens (tertiary/aromatic N) is 3. The topological polar surface area (TPSA) is 55.0 Å². The first kappa shape index (κ1) is 10.8. The first-order valence-corrected chi connectivity index (χ1v) is 6.61. The van der Waals surface area contributed by atoms with Gasteiger partial charge in [-0.3, -0.25) is 0 Å². The maximum Gasteiger partial charge on any atom is 0.136 e. The third-order valence-electron chi connectivity index (χ3n) is 3.93. The van der Waals surface area contributed by atoms with E-state index >= 15 is 0 Å². The molecule has 4 nitrogen and oxygen atoms in total. The summed E-state index contributed by atoms with van der Waals surface area (Å²) in [5.41, 5.74) is 5.88. The summed E-state index contributed by atoms with van der Waals surface area (Å²) in [6.07, 6.45) is 7.67. The van der Waals surface area contributed by atoms with Gasteiger partial charge in [0.15, 0.2) is 0 Å². The second-order valence-electron chi connectivity index (χ2n) is 5.33. The molecule has 0 aromatic carbocycles. The number of hydrogen-bond acceptors (Lipinski definition) is 4. The summed E-state index contributed by atoms with van der Waals surface area (Å²) in [7, 11) is 2.13. The van der Waals surface area contributed by atoms with Gasteiger partial charge in [-0.25, -0.2) is 9.97 Å². The number of hydrogen-bond donors (Lipinski definition) is 1. The summed E-state index contributed by atoms with van der Waals surface area (Å²) in [6, 6.07) is 2.54. The molecule has 0 amide bonds. The molecule has 92 valence electrons. The molecule has 2 N–H and O–H groups in total. The van der Waals surface area contributed by atoms with E-state index in [4.69, 9.17) is 5.73 Å². The number of anilines is 2. The highest BCUT2D eigenvalue weighted by atomic mass is 15.2. The van der Waals surface area contributed by atoms with Crippen molar-refractivity contribution >= 4 is 11.6 Å². The fourth-order valence-electron chi connectivity index (χ4n) is 2.65. The second-order valence-corrected chi connectivity index (χ2v) is 5.33. The standard InChI is InChI=1S/C13H20N4/c1-17(10-4-2-3-5-10)12-8-11(14)15-13(16-12)9-6-7-9/h8-10H,2-7H2,1H3,(H2,14,15,16). The van der Waals surface area contributed by atoms with E-state index < -0.39 is 0 Å². The Bertz CT molecular complexity index is 408. The normalized spacial score (nSPS) is 20.8. The Hall–Kier alpha value is -1.32. The third kappa shape index (κ3) is 2.21. The maximum atomic E-state index is 5.88. The smallest absolute Gasteiger partial charge is 0.136 e. The molecule has 17 heavy (non-hydrogen) atoms. The summed E-state index contributed by atoms with van der Waals surface area (Å²) in [6.45, 7) is 0. The quantitative estimate of drug-likeness (QED) is 0.869. The number of rotatable bonds is 3. The molecule has 0 unspecified atom stereocenters. The Kier molecular flexibility index (Phi) is 2.65. The SMILES string of the molecule is CN(c1cc(N)nc(C2CC2)n1)C1CCCC1. The van der Waals surface area contributed by atoms with Gasteiger partial charge >= 0.3 is 0 Å². The van der Waals surface area contributed by atoms with E-state index in [1.165, 1.54) is 38.5 Å². The molecule has 2 aliphatic carbocycles. The molecule has 0 atom stereocenters. The second kappa shape index (κ2) is 4.17. The molecule has 2 saturated carbocycles. The Morgan fingerprint density at radius 1 is 1.18 bits per heavy atom. The van der Waals surface area contributed by atoms with Crippen molar-refractivity contribution in [2.75, 3.05) is 17.7 Å². The van der Waals surface area contributed by atoms with Crippen LogP contribution in [0, 0.1) is 0 Å². The molecule has 0 bridgehead atoms. The molecule has 3 rings (SSSR count). The van der Waals surface area contributed by atoms with Crippen LogP contribution in [-0.4, -0.2) is 23.1 Å². The van der Waals surface area contributed by atoms with E-state index in [0.29, 0.717) is 17.8 Å². The lowest BCUT2D eigenvalue weighted by Crippen LogP contribution is -2.30. The van der Waals surface area contributed by atoms with Crippen molar-refractivity contribution in [2.24, 2.45) is 0 Å². The van der Waals surface area contributed by atoms with Crippen LogP contribution >= 0.6 is 0 Å². The summed E-state index contributed by atoms with van der Waals surface area (Å²) >= 11 is 0. The van der Waals surface area contributed by atoms with E-state index in [2.05, 4.69) is 21.9 Å². The minimum absolute atomic E-state index is 0.564. The largest absolute Gasteiger partial charge is 0.384 e. The van der Waals surface area contributed by atoms with Crippen LogP contribution in [0.1, 0.15) is 50.3 Å². The average Bonchev–Trinajstić information content (AvgIpc) is 3.03. The monoisotopic (exact) mass is 232 g/mol. The van der Waals surface area contributed by atoms with Gasteiger partial charge in [-0.2, -0.15) is 0 Å². The molecule has 2 fully saturated rings. The van der Waals surface area contributed by atoms with Crippen molar-refractivity contribution < 1.29 is 0 Å². The lowest BCUT2D eigenvalue weighted by molar-refractivity contribution is 0.643. The molecule has 0 saturated heterocycles. The zero-order valence-electron chi connectivity index (χ0n) is 10.4. The summed E-state index contributed by atoms with van der Waals surface area (Å²) in [5.74, 6) is 3.13. The summed E-state index contributed by atoms with van der Waals surface area (Å²) in [4.78, 5) is 11.3. The highest BCUT2D eigenvalue weighted by molar-refractivity contribution is 5.48. The van der Waals surface area contributed by atoms with Crippen molar-refractivity contribution in [3.8, 4) is 0 Å². The summed E-state index contributed by atoms with van der Waals surface area (Å²) in [5, 5.41) is 0. The van der Waals surface area contributed by atoms with Crippen molar-refractivity contribution in [1.82, 2.24) is 9.97 Å². The van der Waals surface area contributed by atoms with Crippen LogP contribution in [0.5, 0.6) is 0 Å². The van der Waals surface area contributed by atoms with Gasteiger partial charge in [0.25, 0.3) is 0 Å². The maximum absolute atomic E-state index is 5.88. The van der Waals surface area contributed by atoms with E-state index in [1.54, 1.807) is 0 Å². The predicted molar refractivity (Wildman–Crippen MR) is 69.1 cm³/mol. The molecule has 1 aromatic rings. The van der Waals surface area contributed by atoms with Crippen molar-refractivity contribution in [2.45, 2.75) is 50.5 Å². The minimum atomic E-state index is 0.564. The van der Waals surface area contributed by atoms with Gasteiger partial charge in [-0.1, -0.05) is 12.8 Å². The van der Waals surface area contributed by atoms with Crippen molar-refractivity contribution in [3.63, 3.8) is 0 Å². The zero-order valence-corrected chi connectivity index (χ0v) is 10.4. The van der Waals surface area contributed by atoms with Gasteiger partial charge in [0.05, 0.1) is 0 Å². The molecule has 0 spiro atoms. The van der Waals surface area contributed by atoms with Gasteiger partial charge in [-0.05, 0) is 25.7 Å². The van der Waals surface area contributed by atoms with Crippen LogP contribution in [0.2, 0.25) is 0 Å². The van der Waals surface area contributed by atoms with Crippen LogP contribution in [0.25, 0.3) is 0 Å². The lowest BCUT2D eigenvalue weighted by atomic mass is 10.2. The van der Waals surface area contributed by atoms with Crippen LogP contribution in [0.4, 0.5) is 11.6 Å². The number of aromatic nitrogens is 2. The molecule has 2 aliphatic rings.